The standard InChI is InChI=1S/C9H13N5O4S2/c1-4-6-11-8(20(10,16)17)13(9(15)18-3)5(2)14(6)12-7(4)19/h5H,1-3H3,(H,12,19)(H2,10,16,17). The van der Waals surface area contributed by atoms with Gasteiger partial charge in [0.25, 0.3) is 15.2 Å². The Hall–Kier alpha value is -1.72. The minimum atomic E-state index is -4.20. The monoisotopic (exact) mass is 319 g/mol. The first kappa shape index (κ1) is 14.7. The van der Waals surface area contributed by atoms with Crippen LogP contribution < -0.4 is 5.14 Å². The molecule has 3 N–H and O–H groups in total. The smallest absolute Gasteiger partial charge is 0.417 e. The summed E-state index contributed by atoms with van der Waals surface area (Å²) in [6.45, 7) is 3.28. The van der Waals surface area contributed by atoms with E-state index in [0.29, 0.717) is 16.0 Å². The van der Waals surface area contributed by atoms with Gasteiger partial charge in [0.15, 0.2) is 5.82 Å². The van der Waals surface area contributed by atoms with E-state index in [4.69, 9.17) is 17.4 Å². The molecule has 1 aliphatic heterocycles. The first-order valence-electron chi connectivity index (χ1n) is 5.48. The summed E-state index contributed by atoms with van der Waals surface area (Å²) in [6, 6.07) is 0. The van der Waals surface area contributed by atoms with E-state index in [1.165, 1.54) is 4.68 Å². The van der Waals surface area contributed by atoms with Gasteiger partial charge in [-0.05, 0) is 13.8 Å². The molecule has 1 atom stereocenters. The number of H-pyrrole nitrogens is 1. The summed E-state index contributed by atoms with van der Waals surface area (Å²) in [5.41, 5.74) is 0.595. The zero-order valence-corrected chi connectivity index (χ0v) is 12.6. The van der Waals surface area contributed by atoms with Gasteiger partial charge in [-0.25, -0.2) is 27.9 Å². The molecule has 2 rings (SSSR count). The molecule has 0 aromatic carbocycles. The second-order valence-electron chi connectivity index (χ2n) is 4.17. The number of amides is 1. The molecule has 0 radical (unpaired) electrons. The van der Waals surface area contributed by atoms with Crippen LogP contribution in [0.1, 0.15) is 18.7 Å². The molecule has 1 unspecified atom stereocenters. The highest BCUT2D eigenvalue weighted by atomic mass is 32.2. The number of nitrogens with one attached hydrogen (secondary N) is 1. The molecule has 0 fully saturated rings. The van der Waals surface area contributed by atoms with Gasteiger partial charge < -0.3 is 4.74 Å². The van der Waals surface area contributed by atoms with E-state index in [1.807, 2.05) is 0 Å². The summed E-state index contributed by atoms with van der Waals surface area (Å²) in [6.07, 6.45) is -1.61. The van der Waals surface area contributed by atoms with Crippen LogP contribution in [0.25, 0.3) is 0 Å². The van der Waals surface area contributed by atoms with Crippen molar-refractivity contribution in [3.8, 4) is 0 Å². The van der Waals surface area contributed by atoms with E-state index >= 15 is 0 Å². The minimum Gasteiger partial charge on any atom is -0.452 e. The molecule has 0 spiro atoms. The number of primary sulfonamides is 1. The Kier molecular flexibility index (Phi) is 3.44. The van der Waals surface area contributed by atoms with E-state index in [0.717, 1.165) is 12.0 Å². The zero-order valence-electron chi connectivity index (χ0n) is 10.9. The number of aliphatic imine (C=N–C) groups is 1. The fraction of sp³-hybridized carbons (Fsp3) is 0.444. The lowest BCUT2D eigenvalue weighted by Crippen LogP contribution is -2.48. The number of hydrogen-bond donors (Lipinski definition) is 2. The molecule has 1 aliphatic rings. The predicted molar refractivity (Wildman–Crippen MR) is 73.5 cm³/mol. The summed E-state index contributed by atoms with van der Waals surface area (Å²) in [4.78, 5) is 16.6. The predicted octanol–water partition coefficient (Wildman–Crippen LogP) is 0.731. The van der Waals surface area contributed by atoms with Crippen LogP contribution in [0.4, 0.5) is 10.6 Å². The van der Waals surface area contributed by atoms with E-state index in [2.05, 4.69) is 14.8 Å². The van der Waals surface area contributed by atoms with Crippen molar-refractivity contribution in [1.82, 2.24) is 14.7 Å². The number of nitrogens with two attached hydrogens (primary N) is 1. The van der Waals surface area contributed by atoms with Crippen LogP contribution in [0.3, 0.4) is 0 Å². The third-order valence-electron chi connectivity index (χ3n) is 2.91. The number of nitrogens with zero attached hydrogens (tertiary/aromatic N) is 3. The van der Waals surface area contributed by atoms with Crippen LogP contribution in [-0.4, -0.2) is 41.5 Å². The molecule has 9 nitrogen and oxygen atoms in total. The van der Waals surface area contributed by atoms with Crippen molar-refractivity contribution in [2.24, 2.45) is 10.1 Å². The van der Waals surface area contributed by atoms with Gasteiger partial charge in [0.05, 0.1) is 7.11 Å². The van der Waals surface area contributed by atoms with E-state index in [-0.39, 0.29) is 0 Å². The summed E-state index contributed by atoms with van der Waals surface area (Å²) in [5, 5.41) is 7.38. The van der Waals surface area contributed by atoms with E-state index < -0.39 is 27.4 Å². The van der Waals surface area contributed by atoms with Gasteiger partial charge in [0.2, 0.25) is 0 Å². The maximum Gasteiger partial charge on any atom is 0.417 e. The van der Waals surface area contributed by atoms with Crippen molar-refractivity contribution >= 4 is 39.3 Å². The zero-order chi connectivity index (χ0) is 15.2. The molecular weight excluding hydrogens is 306 g/mol. The number of carbonyl (C=O) groups is 1. The largest absolute Gasteiger partial charge is 0.452 e. The highest BCUT2D eigenvalue weighted by Crippen LogP contribution is 2.31. The number of ether oxygens (including phenoxy) is 1. The molecule has 1 amide bonds. The Bertz CT molecular complexity index is 760. The Morgan fingerprint density at radius 2 is 2.15 bits per heavy atom. The molecule has 2 heterocycles. The lowest BCUT2D eigenvalue weighted by atomic mass is 10.3. The molecule has 0 saturated carbocycles. The summed E-state index contributed by atoms with van der Waals surface area (Å²) >= 11 is 5.08. The fourth-order valence-electron chi connectivity index (χ4n) is 1.89. The minimum absolute atomic E-state index is 0.312. The summed E-state index contributed by atoms with van der Waals surface area (Å²) in [5.74, 6) is 0.312. The molecule has 110 valence electrons. The van der Waals surface area contributed by atoms with Gasteiger partial charge in [-0.15, -0.1) is 0 Å². The second-order valence-corrected chi connectivity index (χ2v) is 6.03. The maximum atomic E-state index is 11.8. The number of aromatic nitrogens is 2. The van der Waals surface area contributed by atoms with Gasteiger partial charge in [-0.1, -0.05) is 12.2 Å². The Morgan fingerprint density at radius 3 is 2.65 bits per heavy atom. The summed E-state index contributed by atoms with van der Waals surface area (Å²) < 4.78 is 29.7. The number of methoxy groups -OCH3 is 1. The number of hydrogen-bond acceptors (Lipinski definition) is 6. The Labute approximate surface area is 120 Å². The van der Waals surface area contributed by atoms with Crippen molar-refractivity contribution in [1.29, 1.82) is 0 Å². The quantitative estimate of drug-likeness (QED) is 0.682. The van der Waals surface area contributed by atoms with Gasteiger partial charge >= 0.3 is 6.09 Å². The van der Waals surface area contributed by atoms with E-state index in [9.17, 15) is 13.2 Å². The highest BCUT2D eigenvalue weighted by molar-refractivity contribution is 8.04. The second kappa shape index (κ2) is 4.68. The van der Waals surface area contributed by atoms with Crippen LogP contribution in [-0.2, 0) is 14.8 Å². The number of aromatic amines is 1. The van der Waals surface area contributed by atoms with Crippen molar-refractivity contribution in [2.45, 2.75) is 20.0 Å². The van der Waals surface area contributed by atoms with Gasteiger partial charge in [0.1, 0.15) is 10.8 Å². The van der Waals surface area contributed by atoms with Gasteiger partial charge in [0, 0.05) is 5.56 Å². The van der Waals surface area contributed by atoms with Crippen molar-refractivity contribution < 1.29 is 17.9 Å². The third kappa shape index (κ3) is 2.13. The first-order valence-corrected chi connectivity index (χ1v) is 7.43. The first-order chi connectivity index (χ1) is 9.18. The highest BCUT2D eigenvalue weighted by Gasteiger charge is 2.38. The molecule has 1 aromatic heterocycles. The number of fused-ring (bicyclic) bond motifs is 1. The molecular formula is C9H13N5O4S2. The average molecular weight is 319 g/mol. The van der Waals surface area contributed by atoms with Crippen LogP contribution in [0, 0.1) is 11.6 Å². The normalized spacial score (nSPS) is 18.5. The molecule has 0 saturated heterocycles. The maximum absolute atomic E-state index is 11.8. The Balaban J connectivity index is 2.75. The van der Waals surface area contributed by atoms with Crippen LogP contribution in [0.2, 0.25) is 0 Å². The third-order valence-corrected chi connectivity index (χ3v) is 4.10. The van der Waals surface area contributed by atoms with E-state index in [1.54, 1.807) is 13.8 Å². The van der Waals surface area contributed by atoms with Crippen LogP contribution >= 0.6 is 12.2 Å². The van der Waals surface area contributed by atoms with Crippen molar-refractivity contribution in [2.75, 3.05) is 7.11 Å². The Morgan fingerprint density at radius 1 is 1.55 bits per heavy atom. The number of carbonyl (C=O) groups excluding carboxylic acids is 1. The topological polar surface area (TPSA) is 123 Å². The molecule has 11 heteroatoms. The molecule has 1 aromatic rings. The van der Waals surface area contributed by atoms with Crippen molar-refractivity contribution in [3.63, 3.8) is 0 Å². The van der Waals surface area contributed by atoms with Gasteiger partial charge in [-0.2, -0.15) is 4.99 Å². The molecule has 0 bridgehead atoms. The summed E-state index contributed by atoms with van der Waals surface area (Å²) in [7, 11) is -3.07. The van der Waals surface area contributed by atoms with Crippen LogP contribution in [0.15, 0.2) is 4.99 Å². The molecule has 0 aliphatic carbocycles. The SMILES string of the molecule is COC(=O)N1C(S(N)(=O)=O)=Nc2c(C)c(=S)[nH]n2C1C. The van der Waals surface area contributed by atoms with Crippen LogP contribution in [0.5, 0.6) is 0 Å². The van der Waals surface area contributed by atoms with Gasteiger partial charge in [-0.3, -0.25) is 5.10 Å². The number of sulfonamides is 1. The molecule has 20 heavy (non-hydrogen) atoms. The number of rotatable bonds is 0. The number of amidine groups is 1. The average Bonchev–Trinajstić information content (AvgIpc) is 2.64. The lowest BCUT2D eigenvalue weighted by molar-refractivity contribution is 0.121. The lowest BCUT2D eigenvalue weighted by Gasteiger charge is -2.32. The van der Waals surface area contributed by atoms with Crippen molar-refractivity contribution in [3.05, 3.63) is 10.2 Å². The fourth-order valence-corrected chi connectivity index (χ4v) is 2.79.